The highest BCUT2D eigenvalue weighted by molar-refractivity contribution is 9.10. The van der Waals surface area contributed by atoms with Gasteiger partial charge in [0.05, 0.1) is 22.9 Å². The molecule has 0 saturated carbocycles. The van der Waals surface area contributed by atoms with Crippen molar-refractivity contribution < 1.29 is 9.53 Å². The van der Waals surface area contributed by atoms with Crippen molar-refractivity contribution in [3.63, 3.8) is 0 Å². The molecule has 1 aromatic heterocycles. The van der Waals surface area contributed by atoms with Crippen molar-refractivity contribution in [1.29, 1.82) is 0 Å². The number of carbonyl (C=O) groups is 1. The number of hydrogen-bond donors (Lipinski definition) is 2. The van der Waals surface area contributed by atoms with Gasteiger partial charge in [-0.2, -0.15) is 0 Å². The van der Waals surface area contributed by atoms with Gasteiger partial charge in [-0.25, -0.2) is 4.98 Å². The fourth-order valence-electron chi connectivity index (χ4n) is 3.02. The second kappa shape index (κ2) is 9.55. The minimum atomic E-state index is -0.332. The van der Waals surface area contributed by atoms with Gasteiger partial charge < -0.3 is 10.1 Å². The lowest BCUT2D eigenvalue weighted by molar-refractivity contribution is 0.0973. The Bertz CT molecular complexity index is 1220. The molecule has 5 nitrogen and oxygen atoms in total. The van der Waals surface area contributed by atoms with Crippen LogP contribution in [0.5, 0.6) is 5.75 Å². The van der Waals surface area contributed by atoms with Gasteiger partial charge in [0.25, 0.3) is 5.91 Å². The topological polar surface area (TPSA) is 63.2 Å². The Labute approximate surface area is 197 Å². The van der Waals surface area contributed by atoms with Crippen LogP contribution in [-0.2, 0) is 6.54 Å². The quantitative estimate of drug-likeness (QED) is 0.344. The number of carbonyl (C=O) groups excluding carboxylic acids is 1. The molecular formula is C23H18BrN3O2S2. The molecule has 4 aromatic rings. The largest absolute Gasteiger partial charge is 0.496 e. The Morgan fingerprint density at radius 1 is 1.13 bits per heavy atom. The average Bonchev–Trinajstić information content (AvgIpc) is 3.22. The van der Waals surface area contributed by atoms with Gasteiger partial charge in [-0.1, -0.05) is 52.3 Å². The van der Waals surface area contributed by atoms with Crippen molar-refractivity contribution in [2.75, 3.05) is 7.11 Å². The summed E-state index contributed by atoms with van der Waals surface area (Å²) in [6.07, 6.45) is 0. The predicted octanol–water partition coefficient (Wildman–Crippen LogP) is 5.54. The molecule has 0 bridgehead atoms. The summed E-state index contributed by atoms with van der Waals surface area (Å²) < 4.78 is 7.21. The highest BCUT2D eigenvalue weighted by Gasteiger charge is 2.14. The first-order chi connectivity index (χ1) is 15.0. The number of thiocarbonyl (C=S) groups is 1. The van der Waals surface area contributed by atoms with Crippen LogP contribution < -0.4 is 15.4 Å². The normalized spacial score (nSPS) is 10.6. The Morgan fingerprint density at radius 3 is 2.65 bits per heavy atom. The van der Waals surface area contributed by atoms with Crippen molar-refractivity contribution in [2.24, 2.45) is 0 Å². The number of nitrogens with zero attached hydrogens (tertiary/aromatic N) is 1. The second-order valence-corrected chi connectivity index (χ2v) is 9.02. The van der Waals surface area contributed by atoms with E-state index >= 15 is 0 Å². The van der Waals surface area contributed by atoms with E-state index in [1.807, 2.05) is 48.5 Å². The molecule has 0 aliphatic heterocycles. The van der Waals surface area contributed by atoms with E-state index in [9.17, 15) is 4.79 Å². The van der Waals surface area contributed by atoms with E-state index in [-0.39, 0.29) is 11.0 Å². The van der Waals surface area contributed by atoms with E-state index in [2.05, 4.69) is 37.6 Å². The van der Waals surface area contributed by atoms with Gasteiger partial charge in [0.1, 0.15) is 10.8 Å². The third kappa shape index (κ3) is 5.10. The Balaban J connectivity index is 1.36. The van der Waals surface area contributed by atoms with Crippen molar-refractivity contribution in [1.82, 2.24) is 15.6 Å². The molecule has 0 spiro atoms. The van der Waals surface area contributed by atoms with Crippen LogP contribution in [0.2, 0.25) is 0 Å². The zero-order chi connectivity index (χ0) is 21.8. The average molecular weight is 512 g/mol. The van der Waals surface area contributed by atoms with Crippen molar-refractivity contribution in [2.45, 2.75) is 6.54 Å². The number of aromatic nitrogens is 1. The van der Waals surface area contributed by atoms with E-state index in [4.69, 9.17) is 17.0 Å². The number of thiazole rings is 1. The number of para-hydroxylation sites is 1. The van der Waals surface area contributed by atoms with Crippen LogP contribution in [0.4, 0.5) is 0 Å². The summed E-state index contributed by atoms with van der Waals surface area (Å²) >= 11 is 10.3. The lowest BCUT2D eigenvalue weighted by Gasteiger charge is -2.12. The monoisotopic (exact) mass is 511 g/mol. The van der Waals surface area contributed by atoms with Gasteiger partial charge >= 0.3 is 0 Å². The molecule has 0 radical (unpaired) electrons. The van der Waals surface area contributed by atoms with Crippen LogP contribution >= 0.6 is 39.5 Å². The molecule has 4 rings (SSSR count). The molecule has 0 aliphatic carbocycles. The number of amides is 1. The molecule has 1 heterocycles. The number of hydrogen-bond acceptors (Lipinski definition) is 5. The van der Waals surface area contributed by atoms with Crippen LogP contribution in [0, 0.1) is 0 Å². The summed E-state index contributed by atoms with van der Waals surface area (Å²) in [5.41, 5.74) is 3.53. The van der Waals surface area contributed by atoms with Gasteiger partial charge in [0, 0.05) is 16.6 Å². The van der Waals surface area contributed by atoms with Crippen molar-refractivity contribution in [3.8, 4) is 16.3 Å². The Hall–Kier alpha value is -2.81. The lowest BCUT2D eigenvalue weighted by Crippen LogP contribution is -2.39. The van der Waals surface area contributed by atoms with Crippen molar-refractivity contribution >= 4 is 60.7 Å². The van der Waals surface area contributed by atoms with E-state index in [0.717, 1.165) is 26.1 Å². The van der Waals surface area contributed by atoms with Gasteiger partial charge in [-0.05, 0) is 48.1 Å². The maximum Gasteiger partial charge on any atom is 0.261 e. The van der Waals surface area contributed by atoms with E-state index in [1.165, 1.54) is 11.8 Å². The number of ether oxygens (including phenoxy) is 1. The van der Waals surface area contributed by atoms with Crippen LogP contribution in [0.3, 0.4) is 0 Å². The maximum absolute atomic E-state index is 12.5. The smallest absolute Gasteiger partial charge is 0.261 e. The second-order valence-electron chi connectivity index (χ2n) is 6.67. The third-order valence-electron chi connectivity index (χ3n) is 4.58. The molecule has 3 aromatic carbocycles. The maximum atomic E-state index is 12.5. The summed E-state index contributed by atoms with van der Waals surface area (Å²) in [5, 5.41) is 7.00. The SMILES string of the molecule is COc1ccc(Br)cc1C(=O)NC(=S)NCc1ccc(-c2nc3ccccc3s2)cc1. The van der Waals surface area contributed by atoms with Crippen LogP contribution in [-0.4, -0.2) is 23.1 Å². The van der Waals surface area contributed by atoms with Crippen LogP contribution in [0.15, 0.2) is 71.2 Å². The molecule has 0 atom stereocenters. The van der Waals surface area contributed by atoms with Gasteiger partial charge in [-0.15, -0.1) is 11.3 Å². The van der Waals surface area contributed by atoms with Gasteiger partial charge in [0.15, 0.2) is 5.11 Å². The number of halogens is 1. The van der Waals surface area contributed by atoms with Gasteiger partial charge in [-0.3, -0.25) is 10.1 Å². The molecule has 0 unspecified atom stereocenters. The molecule has 0 fully saturated rings. The fourth-order valence-corrected chi connectivity index (χ4v) is 4.51. The van der Waals surface area contributed by atoms with E-state index in [1.54, 1.807) is 23.5 Å². The zero-order valence-corrected chi connectivity index (χ0v) is 19.7. The summed E-state index contributed by atoms with van der Waals surface area (Å²) in [7, 11) is 1.52. The van der Waals surface area contributed by atoms with E-state index in [0.29, 0.717) is 17.9 Å². The first-order valence-electron chi connectivity index (χ1n) is 9.41. The molecule has 156 valence electrons. The number of methoxy groups -OCH3 is 1. The Morgan fingerprint density at radius 2 is 1.90 bits per heavy atom. The lowest BCUT2D eigenvalue weighted by atomic mass is 10.1. The highest BCUT2D eigenvalue weighted by atomic mass is 79.9. The molecule has 1 amide bonds. The summed E-state index contributed by atoms with van der Waals surface area (Å²) in [5.74, 6) is 0.149. The number of rotatable bonds is 5. The molecule has 0 saturated heterocycles. The minimum Gasteiger partial charge on any atom is -0.496 e. The summed E-state index contributed by atoms with van der Waals surface area (Å²) in [4.78, 5) is 17.2. The predicted molar refractivity (Wildman–Crippen MR) is 133 cm³/mol. The number of fused-ring (bicyclic) bond motifs is 1. The van der Waals surface area contributed by atoms with Crippen LogP contribution in [0.25, 0.3) is 20.8 Å². The third-order valence-corrected chi connectivity index (χ3v) is 6.41. The van der Waals surface area contributed by atoms with Crippen molar-refractivity contribution in [3.05, 3.63) is 82.3 Å². The number of nitrogens with one attached hydrogen (secondary N) is 2. The first-order valence-corrected chi connectivity index (χ1v) is 11.4. The summed E-state index contributed by atoms with van der Waals surface area (Å²) in [6, 6.07) is 21.5. The summed E-state index contributed by atoms with van der Waals surface area (Å²) in [6.45, 7) is 0.495. The molecule has 8 heteroatoms. The van der Waals surface area contributed by atoms with Gasteiger partial charge in [0.2, 0.25) is 0 Å². The molecule has 31 heavy (non-hydrogen) atoms. The molecule has 2 N–H and O–H groups in total. The zero-order valence-electron chi connectivity index (χ0n) is 16.5. The minimum absolute atomic E-state index is 0.252. The number of benzene rings is 3. The van der Waals surface area contributed by atoms with E-state index < -0.39 is 0 Å². The fraction of sp³-hybridized carbons (Fsp3) is 0.0870. The molecular weight excluding hydrogens is 494 g/mol. The highest BCUT2D eigenvalue weighted by Crippen LogP contribution is 2.30. The standard InChI is InChI=1S/C23H18BrN3O2S2/c1-29-19-11-10-16(24)12-17(19)21(28)27-23(30)25-13-14-6-8-15(9-7-14)22-26-18-4-2-3-5-20(18)31-22/h2-12H,13H2,1H3,(H2,25,27,28,30). The first kappa shape index (κ1) is 21.4. The Kier molecular flexibility index (Phi) is 6.60. The van der Waals surface area contributed by atoms with Crippen LogP contribution in [0.1, 0.15) is 15.9 Å². The molecule has 0 aliphatic rings.